The van der Waals surface area contributed by atoms with Crippen molar-refractivity contribution in [3.63, 3.8) is 0 Å². The third-order valence-corrected chi connectivity index (χ3v) is 4.51. The van der Waals surface area contributed by atoms with Crippen molar-refractivity contribution in [3.8, 4) is 0 Å². The van der Waals surface area contributed by atoms with Crippen molar-refractivity contribution in [2.75, 3.05) is 6.54 Å². The van der Waals surface area contributed by atoms with Gasteiger partial charge in [-0.2, -0.15) is 0 Å². The fraction of sp³-hybridized carbons (Fsp3) is 0.833. The molecule has 7 nitrogen and oxygen atoms in total. The van der Waals surface area contributed by atoms with Gasteiger partial charge in [0.1, 0.15) is 0 Å². The van der Waals surface area contributed by atoms with Crippen LogP contribution >= 0.6 is 11.8 Å². The molecule has 1 aromatic heterocycles. The smallest absolute Gasteiger partial charge is 0.233 e. The van der Waals surface area contributed by atoms with Gasteiger partial charge in [-0.3, -0.25) is 4.79 Å². The van der Waals surface area contributed by atoms with Gasteiger partial charge in [0, 0.05) is 12.6 Å². The monoisotopic (exact) mass is 298 g/mol. The summed E-state index contributed by atoms with van der Waals surface area (Å²) < 4.78 is 1.63. The molecule has 112 valence electrons. The number of rotatable bonds is 6. The highest BCUT2D eigenvalue weighted by Crippen LogP contribution is 2.22. The molecule has 1 amide bonds. The minimum Gasteiger partial charge on any atom is -0.352 e. The van der Waals surface area contributed by atoms with E-state index in [4.69, 9.17) is 5.73 Å². The SMILES string of the molecule is CC(Sc1nnnn1CCN)C(=O)NC1CCCCC1. The van der Waals surface area contributed by atoms with E-state index < -0.39 is 0 Å². The number of tetrazole rings is 1. The van der Waals surface area contributed by atoms with E-state index in [9.17, 15) is 4.79 Å². The number of carbonyl (C=O) groups is 1. The number of nitrogens with zero attached hydrogens (tertiary/aromatic N) is 4. The number of aromatic nitrogens is 4. The van der Waals surface area contributed by atoms with E-state index in [0.717, 1.165) is 12.8 Å². The first-order chi connectivity index (χ1) is 9.70. The summed E-state index contributed by atoms with van der Waals surface area (Å²) in [5.41, 5.74) is 5.50. The molecule has 1 unspecified atom stereocenters. The number of carbonyl (C=O) groups excluding carboxylic acids is 1. The van der Waals surface area contributed by atoms with E-state index in [1.807, 2.05) is 6.92 Å². The summed E-state index contributed by atoms with van der Waals surface area (Å²) in [7, 11) is 0. The Hall–Kier alpha value is -1.15. The average molecular weight is 298 g/mol. The van der Waals surface area contributed by atoms with Crippen LogP contribution in [0.5, 0.6) is 0 Å². The van der Waals surface area contributed by atoms with E-state index in [0.29, 0.717) is 24.3 Å². The fourth-order valence-corrected chi connectivity index (χ4v) is 3.15. The van der Waals surface area contributed by atoms with Crippen LogP contribution in [0.4, 0.5) is 0 Å². The molecule has 0 spiro atoms. The quantitative estimate of drug-likeness (QED) is 0.745. The van der Waals surface area contributed by atoms with Crippen molar-refractivity contribution >= 4 is 17.7 Å². The highest BCUT2D eigenvalue weighted by molar-refractivity contribution is 8.00. The lowest BCUT2D eigenvalue weighted by Crippen LogP contribution is -2.40. The lowest BCUT2D eigenvalue weighted by Gasteiger charge is -2.24. The molecular weight excluding hydrogens is 276 g/mol. The molecular formula is C12H22N6OS. The maximum Gasteiger partial charge on any atom is 0.233 e. The van der Waals surface area contributed by atoms with Gasteiger partial charge in [0.15, 0.2) is 0 Å². The van der Waals surface area contributed by atoms with Gasteiger partial charge < -0.3 is 11.1 Å². The molecule has 1 atom stereocenters. The predicted molar refractivity (Wildman–Crippen MR) is 77.2 cm³/mol. The zero-order valence-electron chi connectivity index (χ0n) is 11.8. The summed E-state index contributed by atoms with van der Waals surface area (Å²) in [5.74, 6) is 0.0594. The normalized spacial score (nSPS) is 17.9. The van der Waals surface area contributed by atoms with Gasteiger partial charge in [0.25, 0.3) is 0 Å². The number of nitrogens with one attached hydrogen (secondary N) is 1. The zero-order valence-corrected chi connectivity index (χ0v) is 12.6. The van der Waals surface area contributed by atoms with Crippen molar-refractivity contribution in [1.29, 1.82) is 0 Å². The predicted octanol–water partition coefficient (Wildman–Crippen LogP) is 0.561. The largest absolute Gasteiger partial charge is 0.352 e. The Bertz CT molecular complexity index is 431. The van der Waals surface area contributed by atoms with Crippen LogP contribution in [0.3, 0.4) is 0 Å². The van der Waals surface area contributed by atoms with E-state index in [1.54, 1.807) is 4.68 Å². The summed E-state index contributed by atoms with van der Waals surface area (Å²) in [6.45, 7) is 2.91. The fourth-order valence-electron chi connectivity index (χ4n) is 2.32. The second kappa shape index (κ2) is 7.58. The Labute approximate surface area is 123 Å². The van der Waals surface area contributed by atoms with Crippen molar-refractivity contribution in [1.82, 2.24) is 25.5 Å². The first kappa shape index (κ1) is 15.2. The maximum atomic E-state index is 12.2. The number of nitrogens with two attached hydrogens (primary N) is 1. The molecule has 1 saturated carbocycles. The van der Waals surface area contributed by atoms with Crippen LogP contribution in [0.2, 0.25) is 0 Å². The molecule has 1 fully saturated rings. The molecule has 0 bridgehead atoms. The van der Waals surface area contributed by atoms with Crippen LogP contribution < -0.4 is 11.1 Å². The summed E-state index contributed by atoms with van der Waals surface area (Å²) in [6.07, 6.45) is 5.88. The Morgan fingerprint density at radius 3 is 2.95 bits per heavy atom. The summed E-state index contributed by atoms with van der Waals surface area (Å²) >= 11 is 1.37. The minimum atomic E-state index is -0.209. The van der Waals surface area contributed by atoms with Gasteiger partial charge in [-0.05, 0) is 30.2 Å². The number of hydrogen-bond acceptors (Lipinski definition) is 6. The van der Waals surface area contributed by atoms with Crippen LogP contribution in [-0.2, 0) is 11.3 Å². The molecule has 1 aromatic rings. The van der Waals surface area contributed by atoms with Gasteiger partial charge in [0.05, 0.1) is 11.8 Å². The Morgan fingerprint density at radius 2 is 2.25 bits per heavy atom. The van der Waals surface area contributed by atoms with Gasteiger partial charge in [-0.15, -0.1) is 5.10 Å². The Balaban J connectivity index is 1.85. The second-order valence-corrected chi connectivity index (χ2v) is 6.38. The second-order valence-electron chi connectivity index (χ2n) is 5.08. The number of amides is 1. The minimum absolute atomic E-state index is 0.0594. The van der Waals surface area contributed by atoms with Crippen LogP contribution in [0.25, 0.3) is 0 Å². The summed E-state index contributed by atoms with van der Waals surface area (Å²) in [5, 5.41) is 15.0. The standard InChI is InChI=1S/C12H22N6OS/c1-9(11(19)14-10-5-3-2-4-6-10)20-12-15-16-17-18(12)8-7-13/h9-10H,2-8,13H2,1H3,(H,14,19). The van der Waals surface area contributed by atoms with Gasteiger partial charge in [-0.1, -0.05) is 31.0 Å². The number of hydrogen-bond donors (Lipinski definition) is 2. The van der Waals surface area contributed by atoms with Crippen LogP contribution in [0.15, 0.2) is 5.16 Å². The number of thioether (sulfide) groups is 1. The molecule has 1 aliphatic rings. The third-order valence-electron chi connectivity index (χ3n) is 3.44. The zero-order chi connectivity index (χ0) is 14.4. The van der Waals surface area contributed by atoms with Crippen molar-refractivity contribution in [2.24, 2.45) is 5.73 Å². The molecule has 1 aliphatic carbocycles. The van der Waals surface area contributed by atoms with Crippen LogP contribution in [0.1, 0.15) is 39.0 Å². The molecule has 0 radical (unpaired) electrons. The summed E-state index contributed by atoms with van der Waals surface area (Å²) in [4.78, 5) is 12.2. The highest BCUT2D eigenvalue weighted by atomic mass is 32.2. The molecule has 2 rings (SSSR count). The van der Waals surface area contributed by atoms with Gasteiger partial charge in [-0.25, -0.2) is 4.68 Å². The van der Waals surface area contributed by atoms with Gasteiger partial charge >= 0.3 is 0 Å². The van der Waals surface area contributed by atoms with Crippen molar-refractivity contribution < 1.29 is 4.79 Å². The van der Waals surface area contributed by atoms with Crippen molar-refractivity contribution in [3.05, 3.63) is 0 Å². The first-order valence-corrected chi connectivity index (χ1v) is 8.02. The Kier molecular flexibility index (Phi) is 5.78. The topological polar surface area (TPSA) is 98.7 Å². The molecule has 3 N–H and O–H groups in total. The Morgan fingerprint density at radius 1 is 1.50 bits per heavy atom. The van der Waals surface area contributed by atoms with Crippen LogP contribution in [0, 0.1) is 0 Å². The van der Waals surface area contributed by atoms with Gasteiger partial charge in [0.2, 0.25) is 11.1 Å². The average Bonchev–Trinajstić information content (AvgIpc) is 2.87. The molecule has 0 aromatic carbocycles. The van der Waals surface area contributed by atoms with Crippen LogP contribution in [-0.4, -0.2) is 44.0 Å². The lowest BCUT2D eigenvalue weighted by molar-refractivity contribution is -0.121. The molecule has 0 saturated heterocycles. The molecule has 8 heteroatoms. The maximum absolute atomic E-state index is 12.2. The highest BCUT2D eigenvalue weighted by Gasteiger charge is 2.22. The van der Waals surface area contributed by atoms with E-state index in [1.165, 1.54) is 31.0 Å². The molecule has 20 heavy (non-hydrogen) atoms. The summed E-state index contributed by atoms with van der Waals surface area (Å²) in [6, 6.07) is 0.333. The lowest BCUT2D eigenvalue weighted by atomic mass is 9.95. The van der Waals surface area contributed by atoms with E-state index >= 15 is 0 Å². The third kappa shape index (κ3) is 4.17. The van der Waals surface area contributed by atoms with E-state index in [-0.39, 0.29) is 11.2 Å². The first-order valence-electron chi connectivity index (χ1n) is 7.14. The van der Waals surface area contributed by atoms with Crippen molar-refractivity contribution in [2.45, 2.75) is 62.0 Å². The molecule has 0 aliphatic heterocycles. The molecule has 1 heterocycles. The van der Waals surface area contributed by atoms with E-state index in [2.05, 4.69) is 20.8 Å².